The number of benzene rings is 2. The molecule has 0 aromatic heterocycles. The minimum atomic E-state index is -0.524. The van der Waals surface area contributed by atoms with Gasteiger partial charge in [0.15, 0.2) is 18.2 Å². The lowest BCUT2D eigenvalue weighted by molar-refractivity contribution is -0.127. The van der Waals surface area contributed by atoms with Crippen molar-refractivity contribution in [3.05, 3.63) is 70.8 Å². The maximum absolute atomic E-state index is 12.9. The summed E-state index contributed by atoms with van der Waals surface area (Å²) >= 11 is 0. The van der Waals surface area contributed by atoms with Crippen molar-refractivity contribution < 1.29 is 9.59 Å². The van der Waals surface area contributed by atoms with Crippen molar-refractivity contribution in [1.29, 1.82) is 0 Å². The van der Waals surface area contributed by atoms with Gasteiger partial charge in [-0.2, -0.15) is 0 Å². The van der Waals surface area contributed by atoms with Crippen LogP contribution in [0.3, 0.4) is 0 Å². The zero-order valence-corrected chi connectivity index (χ0v) is 20.1. The lowest BCUT2D eigenvalue weighted by atomic mass is 10.1. The molecule has 2 saturated heterocycles. The summed E-state index contributed by atoms with van der Waals surface area (Å²) in [6, 6.07) is 16.0. The number of carbonyl (C=O) groups is 2. The van der Waals surface area contributed by atoms with Gasteiger partial charge in [0, 0.05) is 46.3 Å². The van der Waals surface area contributed by atoms with Gasteiger partial charge in [-0.15, -0.1) is 0 Å². The molecule has 2 unspecified atom stereocenters. The predicted octanol–water partition coefficient (Wildman–Crippen LogP) is 2.17. The van der Waals surface area contributed by atoms with Gasteiger partial charge in [-0.1, -0.05) is 54.1 Å². The van der Waals surface area contributed by atoms with E-state index < -0.39 is 18.2 Å². The van der Waals surface area contributed by atoms with Gasteiger partial charge >= 0.3 is 6.03 Å². The van der Waals surface area contributed by atoms with E-state index in [4.69, 9.17) is 4.99 Å². The molecule has 34 heavy (non-hydrogen) atoms. The van der Waals surface area contributed by atoms with Crippen molar-refractivity contribution in [2.45, 2.75) is 39.1 Å². The third-order valence-electron chi connectivity index (χ3n) is 7.12. The molecule has 3 amide bonds. The average Bonchev–Trinajstić information content (AvgIpc) is 3.21. The number of imide groups is 1. The third-order valence-corrected chi connectivity index (χ3v) is 7.12. The zero-order chi connectivity index (χ0) is 23.8. The van der Waals surface area contributed by atoms with Crippen molar-refractivity contribution in [3.8, 4) is 0 Å². The van der Waals surface area contributed by atoms with Gasteiger partial charge in [0.2, 0.25) is 0 Å². The second-order valence-corrected chi connectivity index (χ2v) is 9.50. The lowest BCUT2D eigenvalue weighted by Gasteiger charge is -2.40. The smallest absolute Gasteiger partial charge is 0.325 e. The Hall–Kier alpha value is -3.39. The molecule has 0 bridgehead atoms. The van der Waals surface area contributed by atoms with Gasteiger partial charge in [-0.25, -0.2) is 9.79 Å². The van der Waals surface area contributed by atoms with Crippen LogP contribution in [0.4, 0.5) is 4.79 Å². The largest absolute Gasteiger partial charge is 0.340 e. The standard InChI is InChI=1S/C26H32N6O2/c1-18-8-10-20(11-9-18)16-32-22-23(29(3)26(34)28-24(22)33)27-25(32)31-14-12-30(13-15-31)17-21-7-5-4-6-19(21)2/h4-11,22-23H,12-17H2,1-3H3,(H,28,33,34). The predicted molar refractivity (Wildman–Crippen MR) is 131 cm³/mol. The van der Waals surface area contributed by atoms with Crippen LogP contribution >= 0.6 is 0 Å². The van der Waals surface area contributed by atoms with Gasteiger partial charge in [-0.3, -0.25) is 15.0 Å². The quantitative estimate of drug-likeness (QED) is 0.757. The Kier molecular flexibility index (Phi) is 6.00. The molecule has 3 heterocycles. The van der Waals surface area contributed by atoms with E-state index in [1.165, 1.54) is 21.6 Å². The minimum Gasteiger partial charge on any atom is -0.340 e. The number of nitrogens with zero attached hydrogens (tertiary/aromatic N) is 5. The normalized spacial score (nSPS) is 23.1. The number of fused-ring (bicyclic) bond motifs is 1. The summed E-state index contributed by atoms with van der Waals surface area (Å²) in [6.45, 7) is 9.22. The lowest BCUT2D eigenvalue weighted by Crippen LogP contribution is -2.64. The van der Waals surface area contributed by atoms with Crippen molar-refractivity contribution in [3.63, 3.8) is 0 Å². The number of carbonyl (C=O) groups excluding carboxylic acids is 2. The van der Waals surface area contributed by atoms with E-state index in [1.54, 1.807) is 7.05 Å². The molecular formula is C26H32N6O2. The van der Waals surface area contributed by atoms with Gasteiger partial charge < -0.3 is 14.7 Å². The van der Waals surface area contributed by atoms with E-state index in [0.29, 0.717) is 6.54 Å². The number of hydrogen-bond acceptors (Lipinski definition) is 6. The number of aliphatic imine (C=N–C) groups is 1. The molecule has 3 aliphatic rings. The number of likely N-dealkylation sites (N-methyl/N-ethyl adjacent to an activating group) is 1. The summed E-state index contributed by atoms with van der Waals surface area (Å²) in [5.74, 6) is 0.528. The van der Waals surface area contributed by atoms with Crippen molar-refractivity contribution in [1.82, 2.24) is 24.9 Å². The number of nitrogens with one attached hydrogen (secondary N) is 1. The molecule has 3 aliphatic heterocycles. The third kappa shape index (κ3) is 4.25. The first-order chi connectivity index (χ1) is 16.4. The second kappa shape index (κ2) is 9.10. The van der Waals surface area contributed by atoms with Gasteiger partial charge in [0.1, 0.15) is 0 Å². The number of urea groups is 1. The van der Waals surface area contributed by atoms with Crippen LogP contribution in [0.1, 0.15) is 22.3 Å². The number of aryl methyl sites for hydroxylation is 2. The number of amides is 3. The maximum atomic E-state index is 12.9. The Bertz CT molecular complexity index is 1110. The van der Waals surface area contributed by atoms with E-state index in [9.17, 15) is 9.59 Å². The van der Waals surface area contributed by atoms with Crippen LogP contribution in [0.2, 0.25) is 0 Å². The molecule has 0 radical (unpaired) electrons. The number of piperazine rings is 1. The molecule has 2 aromatic carbocycles. The van der Waals surface area contributed by atoms with E-state index in [1.807, 2.05) is 0 Å². The summed E-state index contributed by atoms with van der Waals surface area (Å²) in [7, 11) is 1.70. The molecule has 2 fully saturated rings. The molecule has 0 aliphatic carbocycles. The average molecular weight is 461 g/mol. The monoisotopic (exact) mass is 460 g/mol. The van der Waals surface area contributed by atoms with Crippen molar-refractivity contribution in [2.24, 2.45) is 4.99 Å². The van der Waals surface area contributed by atoms with Crippen LogP contribution in [-0.4, -0.2) is 82.9 Å². The summed E-state index contributed by atoms with van der Waals surface area (Å²) in [5, 5.41) is 2.49. The van der Waals surface area contributed by atoms with Crippen LogP contribution in [0.5, 0.6) is 0 Å². The summed E-state index contributed by atoms with van der Waals surface area (Å²) in [5.41, 5.74) is 4.99. The number of hydrogen-bond donors (Lipinski definition) is 1. The first kappa shape index (κ1) is 22.4. The highest BCUT2D eigenvalue weighted by Crippen LogP contribution is 2.28. The van der Waals surface area contributed by atoms with Crippen LogP contribution in [-0.2, 0) is 17.9 Å². The first-order valence-electron chi connectivity index (χ1n) is 11.9. The molecule has 178 valence electrons. The second-order valence-electron chi connectivity index (χ2n) is 9.50. The summed E-state index contributed by atoms with van der Waals surface area (Å²) in [6.07, 6.45) is -0.508. The Morgan fingerprint density at radius 3 is 2.35 bits per heavy atom. The minimum absolute atomic E-state index is 0.280. The Balaban J connectivity index is 1.35. The van der Waals surface area contributed by atoms with Gasteiger partial charge in [-0.05, 0) is 30.5 Å². The number of rotatable bonds is 4. The fourth-order valence-electron chi connectivity index (χ4n) is 4.97. The van der Waals surface area contributed by atoms with Gasteiger partial charge in [0.25, 0.3) is 5.91 Å². The van der Waals surface area contributed by atoms with Gasteiger partial charge in [0.05, 0.1) is 0 Å². The number of guanidine groups is 1. The van der Waals surface area contributed by atoms with E-state index in [2.05, 4.69) is 82.4 Å². The molecule has 2 aromatic rings. The highest BCUT2D eigenvalue weighted by atomic mass is 16.2. The molecular weight excluding hydrogens is 428 g/mol. The molecule has 2 atom stereocenters. The van der Waals surface area contributed by atoms with Crippen LogP contribution in [0.25, 0.3) is 0 Å². The SMILES string of the molecule is Cc1ccc(CN2C(N3CCN(Cc4ccccc4C)CC3)=NC3C2C(=O)NC(=O)N3C)cc1. The maximum Gasteiger partial charge on any atom is 0.325 e. The summed E-state index contributed by atoms with van der Waals surface area (Å²) in [4.78, 5) is 38.4. The Labute approximate surface area is 200 Å². The van der Waals surface area contributed by atoms with Crippen molar-refractivity contribution >= 4 is 17.9 Å². The van der Waals surface area contributed by atoms with Crippen LogP contribution in [0.15, 0.2) is 53.5 Å². The highest BCUT2D eigenvalue weighted by Gasteiger charge is 2.49. The Morgan fingerprint density at radius 1 is 0.941 bits per heavy atom. The molecule has 1 N–H and O–H groups in total. The summed E-state index contributed by atoms with van der Waals surface area (Å²) < 4.78 is 0. The van der Waals surface area contributed by atoms with E-state index >= 15 is 0 Å². The molecule has 0 spiro atoms. The topological polar surface area (TPSA) is 71.5 Å². The molecule has 5 rings (SSSR count). The van der Waals surface area contributed by atoms with Crippen LogP contribution in [0, 0.1) is 13.8 Å². The van der Waals surface area contributed by atoms with Crippen LogP contribution < -0.4 is 5.32 Å². The molecule has 8 heteroatoms. The van der Waals surface area contributed by atoms with Crippen molar-refractivity contribution in [2.75, 3.05) is 33.2 Å². The fraction of sp³-hybridized carbons (Fsp3) is 0.423. The van der Waals surface area contributed by atoms with E-state index in [0.717, 1.165) is 44.2 Å². The first-order valence-corrected chi connectivity index (χ1v) is 11.9. The fourth-order valence-corrected chi connectivity index (χ4v) is 4.97. The highest BCUT2D eigenvalue weighted by molar-refractivity contribution is 6.03. The Morgan fingerprint density at radius 2 is 1.65 bits per heavy atom. The molecule has 0 saturated carbocycles. The molecule has 8 nitrogen and oxygen atoms in total. The zero-order valence-electron chi connectivity index (χ0n) is 20.1. The van der Waals surface area contributed by atoms with E-state index in [-0.39, 0.29) is 5.91 Å².